The molecule has 2 heterocycles. The summed E-state index contributed by atoms with van der Waals surface area (Å²) in [6, 6.07) is -1.07. The zero-order valence-corrected chi connectivity index (χ0v) is 10.3. The molecule has 20 heavy (non-hydrogen) atoms. The van der Waals surface area contributed by atoms with Gasteiger partial charge in [-0.25, -0.2) is 4.39 Å². The van der Waals surface area contributed by atoms with Crippen LogP contribution in [0.4, 0.5) is 4.39 Å². The summed E-state index contributed by atoms with van der Waals surface area (Å²) in [5.74, 6) is -3.39. The largest absolute Gasteiger partial charge is 0.295 e. The standard InChI is InChI=1S/C13H11FN2O4/c14-8-2-1-3-11(18)16(12(19)7-4-8)9-5-6-10(17)15-13(9)20/h1-4,7,9H,5-6H2,(H,15,17,20)/b3-1+,7-4+,8-2+. The van der Waals surface area contributed by atoms with Gasteiger partial charge in [0.15, 0.2) is 0 Å². The number of hydrogen-bond acceptors (Lipinski definition) is 4. The molecule has 2 aliphatic heterocycles. The van der Waals surface area contributed by atoms with Crippen LogP contribution in [0.5, 0.6) is 0 Å². The van der Waals surface area contributed by atoms with Gasteiger partial charge < -0.3 is 0 Å². The molecule has 1 N–H and O–H groups in total. The van der Waals surface area contributed by atoms with Gasteiger partial charge in [-0.3, -0.25) is 29.4 Å². The molecule has 7 heteroatoms. The lowest BCUT2D eigenvalue weighted by Crippen LogP contribution is -2.55. The van der Waals surface area contributed by atoms with Crippen LogP contribution in [-0.2, 0) is 19.2 Å². The summed E-state index contributed by atoms with van der Waals surface area (Å²) < 4.78 is 13.1. The van der Waals surface area contributed by atoms with Crippen molar-refractivity contribution in [3.05, 3.63) is 36.2 Å². The lowest BCUT2D eigenvalue weighted by Gasteiger charge is -2.29. The molecule has 0 aromatic heterocycles. The van der Waals surface area contributed by atoms with E-state index < -0.39 is 35.5 Å². The number of rotatable bonds is 1. The van der Waals surface area contributed by atoms with Crippen LogP contribution >= 0.6 is 0 Å². The maximum Gasteiger partial charge on any atom is 0.254 e. The van der Waals surface area contributed by atoms with Gasteiger partial charge in [-0.1, -0.05) is 6.08 Å². The highest BCUT2D eigenvalue weighted by Crippen LogP contribution is 2.15. The van der Waals surface area contributed by atoms with Gasteiger partial charge in [-0.2, -0.15) is 0 Å². The number of halogens is 1. The number of carbonyl (C=O) groups excluding carboxylic acids is 4. The Kier molecular flexibility index (Phi) is 3.88. The molecule has 2 rings (SSSR count). The molecular weight excluding hydrogens is 267 g/mol. The molecule has 0 aromatic rings. The van der Waals surface area contributed by atoms with Crippen LogP contribution in [0.25, 0.3) is 0 Å². The van der Waals surface area contributed by atoms with Crippen LogP contribution in [0.2, 0.25) is 0 Å². The molecule has 0 bridgehead atoms. The van der Waals surface area contributed by atoms with Crippen molar-refractivity contribution in [2.45, 2.75) is 18.9 Å². The van der Waals surface area contributed by atoms with Crippen LogP contribution in [0.3, 0.4) is 0 Å². The Balaban J connectivity index is 2.31. The summed E-state index contributed by atoms with van der Waals surface area (Å²) in [6.07, 6.45) is 5.04. The van der Waals surface area contributed by atoms with E-state index in [0.29, 0.717) is 0 Å². The fourth-order valence-electron chi connectivity index (χ4n) is 1.93. The molecule has 0 saturated carbocycles. The second-order valence-corrected chi connectivity index (χ2v) is 4.26. The molecule has 6 nitrogen and oxygen atoms in total. The van der Waals surface area contributed by atoms with Gasteiger partial charge in [-0.15, -0.1) is 0 Å². The summed E-state index contributed by atoms with van der Waals surface area (Å²) in [5.41, 5.74) is 0. The Labute approximate surface area is 113 Å². The molecule has 2 aliphatic rings. The van der Waals surface area contributed by atoms with Crippen molar-refractivity contribution in [3.63, 3.8) is 0 Å². The average molecular weight is 278 g/mol. The molecule has 0 radical (unpaired) electrons. The average Bonchev–Trinajstić information content (AvgIpc) is 2.43. The van der Waals surface area contributed by atoms with E-state index in [4.69, 9.17) is 0 Å². The SMILES string of the molecule is O=C1CCC(N2C(=O)/C=C/C=C(F)\C=C\C2=O)C(=O)N1. The first-order valence-electron chi connectivity index (χ1n) is 5.92. The maximum absolute atomic E-state index is 13.1. The van der Waals surface area contributed by atoms with Gasteiger partial charge >= 0.3 is 0 Å². The molecule has 1 fully saturated rings. The van der Waals surface area contributed by atoms with Gasteiger partial charge in [0.2, 0.25) is 11.8 Å². The number of allylic oxidation sites excluding steroid dienone is 4. The number of piperidine rings is 1. The third-order valence-electron chi connectivity index (χ3n) is 2.88. The smallest absolute Gasteiger partial charge is 0.254 e. The number of hydrogen-bond donors (Lipinski definition) is 1. The van der Waals surface area contributed by atoms with Crippen molar-refractivity contribution in [1.82, 2.24) is 10.2 Å². The summed E-state index contributed by atoms with van der Waals surface area (Å²) >= 11 is 0. The van der Waals surface area contributed by atoms with Crippen LogP contribution in [0.1, 0.15) is 12.8 Å². The predicted octanol–water partition coefficient (Wildman–Crippen LogP) is 0.126. The third-order valence-corrected chi connectivity index (χ3v) is 2.88. The van der Waals surface area contributed by atoms with Gasteiger partial charge in [0.05, 0.1) is 0 Å². The molecule has 1 saturated heterocycles. The summed E-state index contributed by atoms with van der Waals surface area (Å²) in [6.45, 7) is 0. The van der Waals surface area contributed by atoms with Gasteiger partial charge in [0, 0.05) is 18.6 Å². The molecule has 0 aliphatic carbocycles. The first kappa shape index (κ1) is 13.9. The van der Waals surface area contributed by atoms with Crippen LogP contribution < -0.4 is 5.32 Å². The molecule has 0 aromatic carbocycles. The molecule has 1 atom stereocenters. The van der Waals surface area contributed by atoms with Crippen LogP contribution in [0.15, 0.2) is 36.2 Å². The second-order valence-electron chi connectivity index (χ2n) is 4.26. The van der Waals surface area contributed by atoms with E-state index in [1.165, 1.54) is 0 Å². The number of nitrogens with one attached hydrogen (secondary N) is 1. The van der Waals surface area contributed by atoms with Gasteiger partial charge in [0.25, 0.3) is 11.8 Å². The van der Waals surface area contributed by atoms with E-state index >= 15 is 0 Å². The van der Waals surface area contributed by atoms with Crippen molar-refractivity contribution in [2.75, 3.05) is 0 Å². The van der Waals surface area contributed by atoms with E-state index in [1.54, 1.807) is 0 Å². The van der Waals surface area contributed by atoms with Crippen LogP contribution in [-0.4, -0.2) is 34.6 Å². The second kappa shape index (κ2) is 5.60. The molecule has 0 spiro atoms. The third kappa shape index (κ3) is 2.87. The summed E-state index contributed by atoms with van der Waals surface area (Å²) in [4.78, 5) is 47.4. The Hall–Kier alpha value is -2.57. The van der Waals surface area contributed by atoms with Crippen molar-refractivity contribution in [2.24, 2.45) is 0 Å². The summed E-state index contributed by atoms with van der Waals surface area (Å²) in [7, 11) is 0. The Morgan fingerprint density at radius 1 is 1.10 bits per heavy atom. The monoisotopic (exact) mass is 278 g/mol. The van der Waals surface area contributed by atoms with E-state index in [1.807, 2.05) is 0 Å². The Morgan fingerprint density at radius 2 is 1.80 bits per heavy atom. The van der Waals surface area contributed by atoms with E-state index in [9.17, 15) is 23.6 Å². The van der Waals surface area contributed by atoms with Crippen molar-refractivity contribution in [3.8, 4) is 0 Å². The minimum Gasteiger partial charge on any atom is -0.295 e. The van der Waals surface area contributed by atoms with Crippen molar-refractivity contribution in [1.29, 1.82) is 0 Å². The number of amides is 4. The predicted molar refractivity (Wildman–Crippen MR) is 65.5 cm³/mol. The Morgan fingerprint density at radius 3 is 2.50 bits per heavy atom. The highest BCUT2D eigenvalue weighted by atomic mass is 19.1. The van der Waals surface area contributed by atoms with E-state index in [0.717, 1.165) is 35.3 Å². The Bertz CT molecular complexity index is 577. The number of nitrogens with zero attached hydrogens (tertiary/aromatic N) is 1. The lowest BCUT2D eigenvalue weighted by molar-refractivity contribution is -0.150. The van der Waals surface area contributed by atoms with Gasteiger partial charge in [0.1, 0.15) is 11.9 Å². The lowest BCUT2D eigenvalue weighted by atomic mass is 10.0. The maximum atomic E-state index is 13.1. The topological polar surface area (TPSA) is 83.6 Å². The molecule has 104 valence electrons. The van der Waals surface area contributed by atoms with E-state index in [2.05, 4.69) is 5.32 Å². The first-order chi connectivity index (χ1) is 9.49. The minimum absolute atomic E-state index is 0.0352. The summed E-state index contributed by atoms with van der Waals surface area (Å²) in [5, 5.41) is 2.07. The first-order valence-corrected chi connectivity index (χ1v) is 5.92. The fraction of sp³-hybridized carbons (Fsp3) is 0.231. The minimum atomic E-state index is -1.07. The van der Waals surface area contributed by atoms with Crippen molar-refractivity contribution < 1.29 is 23.6 Å². The van der Waals surface area contributed by atoms with Crippen molar-refractivity contribution >= 4 is 23.6 Å². The fourth-order valence-corrected chi connectivity index (χ4v) is 1.93. The van der Waals surface area contributed by atoms with Crippen LogP contribution in [0, 0.1) is 0 Å². The quantitative estimate of drug-likeness (QED) is 0.691. The normalized spacial score (nSPS) is 29.8. The molecule has 1 unspecified atom stereocenters. The zero-order chi connectivity index (χ0) is 14.7. The molecular formula is C13H11FN2O4. The number of carbonyl (C=O) groups is 4. The van der Waals surface area contributed by atoms with Gasteiger partial charge in [-0.05, 0) is 18.6 Å². The number of imide groups is 2. The highest BCUT2D eigenvalue weighted by molar-refractivity contribution is 6.10. The molecule has 4 amide bonds. The zero-order valence-electron chi connectivity index (χ0n) is 10.3. The van der Waals surface area contributed by atoms with E-state index in [-0.39, 0.29) is 12.8 Å². The highest BCUT2D eigenvalue weighted by Gasteiger charge is 2.36.